The Bertz CT molecular complexity index is 308. The van der Waals surface area contributed by atoms with Crippen molar-refractivity contribution in [3.05, 3.63) is 34.4 Å². The Morgan fingerprint density at radius 2 is 1.71 bits per heavy atom. The van der Waals surface area contributed by atoms with E-state index < -0.39 is 0 Å². The van der Waals surface area contributed by atoms with Crippen molar-refractivity contribution in [3.8, 4) is 0 Å². The second-order valence-corrected chi connectivity index (χ2v) is 3.67. The molecular weight excluding hydrogens is 174 g/mol. The van der Waals surface area contributed by atoms with Gasteiger partial charge in [-0.2, -0.15) is 0 Å². The van der Waals surface area contributed by atoms with Gasteiger partial charge in [0.15, 0.2) is 0 Å². The number of aryl methyl sites for hydroxylation is 3. The van der Waals surface area contributed by atoms with E-state index in [9.17, 15) is 0 Å². The van der Waals surface area contributed by atoms with Gasteiger partial charge in [0.25, 0.3) is 0 Å². The molecular formula is C11H19N3. The summed E-state index contributed by atoms with van der Waals surface area (Å²) in [5.41, 5.74) is 7.93. The normalized spacial score (nSPS) is 10.6. The average molecular weight is 193 g/mol. The number of hydrazine groups is 1. The van der Waals surface area contributed by atoms with Crippen molar-refractivity contribution in [3.63, 3.8) is 0 Å². The van der Waals surface area contributed by atoms with Crippen LogP contribution >= 0.6 is 0 Å². The molecule has 0 aliphatic heterocycles. The summed E-state index contributed by atoms with van der Waals surface area (Å²) in [6.07, 6.45) is 0. The zero-order valence-corrected chi connectivity index (χ0v) is 9.15. The first-order valence-corrected chi connectivity index (χ1v) is 4.86. The molecule has 0 bridgehead atoms. The number of rotatable bonds is 4. The highest BCUT2D eigenvalue weighted by Crippen LogP contribution is 2.14. The van der Waals surface area contributed by atoms with Gasteiger partial charge in [-0.05, 0) is 43.0 Å². The third kappa shape index (κ3) is 2.80. The first-order valence-electron chi connectivity index (χ1n) is 4.86. The Hall–Kier alpha value is -0.900. The molecule has 0 spiro atoms. The molecule has 3 heteroatoms. The molecule has 0 aliphatic carbocycles. The Balaban J connectivity index is 2.72. The van der Waals surface area contributed by atoms with E-state index in [0.29, 0.717) is 6.67 Å². The third-order valence-corrected chi connectivity index (χ3v) is 2.49. The van der Waals surface area contributed by atoms with E-state index >= 15 is 0 Å². The molecule has 4 N–H and O–H groups in total. The molecule has 0 unspecified atom stereocenters. The van der Waals surface area contributed by atoms with Crippen molar-refractivity contribution < 1.29 is 0 Å². The van der Waals surface area contributed by atoms with Gasteiger partial charge >= 0.3 is 0 Å². The summed E-state index contributed by atoms with van der Waals surface area (Å²) < 4.78 is 0. The molecule has 0 radical (unpaired) electrons. The van der Waals surface area contributed by atoms with Crippen LogP contribution in [0.1, 0.15) is 22.3 Å². The molecule has 0 saturated heterocycles. The smallest absolute Gasteiger partial charge is 0.0590 e. The number of hydrogen-bond acceptors (Lipinski definition) is 3. The van der Waals surface area contributed by atoms with Gasteiger partial charge in [0.05, 0.1) is 6.67 Å². The number of nitrogens with two attached hydrogens (primary N) is 1. The van der Waals surface area contributed by atoms with Crippen LogP contribution in [0.25, 0.3) is 0 Å². The molecule has 0 heterocycles. The Morgan fingerprint density at radius 1 is 1.07 bits per heavy atom. The molecule has 0 aromatic heterocycles. The Morgan fingerprint density at radius 3 is 2.36 bits per heavy atom. The van der Waals surface area contributed by atoms with Gasteiger partial charge < -0.3 is 0 Å². The highest BCUT2D eigenvalue weighted by molar-refractivity contribution is 5.36. The fraction of sp³-hybridized carbons (Fsp3) is 0.455. The van der Waals surface area contributed by atoms with Crippen LogP contribution in [0.3, 0.4) is 0 Å². The summed E-state index contributed by atoms with van der Waals surface area (Å²) in [6.45, 7) is 7.91. The highest BCUT2D eigenvalue weighted by atomic mass is 15.3. The predicted octanol–water partition coefficient (Wildman–Crippen LogP) is 1.12. The average Bonchev–Trinajstić information content (AvgIpc) is 2.14. The van der Waals surface area contributed by atoms with Crippen molar-refractivity contribution in [2.45, 2.75) is 27.3 Å². The van der Waals surface area contributed by atoms with Gasteiger partial charge in [0.2, 0.25) is 0 Å². The molecule has 0 aliphatic rings. The van der Waals surface area contributed by atoms with Crippen molar-refractivity contribution in [2.75, 3.05) is 6.67 Å². The van der Waals surface area contributed by atoms with Gasteiger partial charge in [-0.1, -0.05) is 12.1 Å². The van der Waals surface area contributed by atoms with Crippen LogP contribution in [0, 0.1) is 20.8 Å². The highest BCUT2D eigenvalue weighted by Gasteiger charge is 2.00. The fourth-order valence-electron chi connectivity index (χ4n) is 1.48. The zero-order valence-electron chi connectivity index (χ0n) is 9.15. The first kappa shape index (κ1) is 11.2. The Kier molecular flexibility index (Phi) is 4.07. The lowest BCUT2D eigenvalue weighted by Gasteiger charge is -2.10. The van der Waals surface area contributed by atoms with Crippen LogP contribution in [-0.4, -0.2) is 6.67 Å². The number of hydrogen-bond donors (Lipinski definition) is 3. The Labute approximate surface area is 85.7 Å². The lowest BCUT2D eigenvalue weighted by molar-refractivity contribution is 0.599. The lowest BCUT2D eigenvalue weighted by Crippen LogP contribution is -2.33. The topological polar surface area (TPSA) is 50.1 Å². The van der Waals surface area contributed by atoms with E-state index in [-0.39, 0.29) is 0 Å². The summed E-state index contributed by atoms with van der Waals surface area (Å²) in [5, 5.41) is 3.20. The maximum atomic E-state index is 5.17. The minimum absolute atomic E-state index is 0.631. The lowest BCUT2D eigenvalue weighted by atomic mass is 10.0. The van der Waals surface area contributed by atoms with Crippen LogP contribution in [0.4, 0.5) is 0 Å². The van der Waals surface area contributed by atoms with Gasteiger partial charge in [0, 0.05) is 6.54 Å². The summed E-state index contributed by atoms with van der Waals surface area (Å²) in [6, 6.07) is 4.45. The molecule has 1 aromatic carbocycles. The summed E-state index contributed by atoms with van der Waals surface area (Å²) in [4.78, 5) is 0. The molecule has 1 rings (SSSR count). The molecule has 0 saturated carbocycles. The van der Waals surface area contributed by atoms with E-state index in [1.54, 1.807) is 0 Å². The van der Waals surface area contributed by atoms with E-state index in [4.69, 9.17) is 5.84 Å². The summed E-state index contributed by atoms with van der Waals surface area (Å²) >= 11 is 0. The largest absolute Gasteiger partial charge is 0.299 e. The van der Waals surface area contributed by atoms with Gasteiger partial charge in [-0.15, -0.1) is 0 Å². The molecule has 3 nitrogen and oxygen atoms in total. The van der Waals surface area contributed by atoms with Crippen molar-refractivity contribution >= 4 is 0 Å². The van der Waals surface area contributed by atoms with Gasteiger partial charge in [-0.3, -0.25) is 11.2 Å². The number of nitrogens with one attached hydrogen (secondary N) is 2. The van der Waals surface area contributed by atoms with Crippen molar-refractivity contribution in [1.29, 1.82) is 0 Å². The quantitative estimate of drug-likeness (QED) is 0.291. The van der Waals surface area contributed by atoms with Crippen molar-refractivity contribution in [1.82, 2.24) is 10.7 Å². The van der Waals surface area contributed by atoms with Gasteiger partial charge in [0.1, 0.15) is 0 Å². The molecule has 14 heavy (non-hydrogen) atoms. The van der Waals surface area contributed by atoms with Crippen LogP contribution in [0.15, 0.2) is 12.1 Å². The van der Waals surface area contributed by atoms with E-state index in [2.05, 4.69) is 43.6 Å². The predicted molar refractivity (Wildman–Crippen MR) is 59.7 cm³/mol. The third-order valence-electron chi connectivity index (χ3n) is 2.49. The minimum atomic E-state index is 0.631. The monoisotopic (exact) mass is 193 g/mol. The van der Waals surface area contributed by atoms with Crippen LogP contribution < -0.4 is 16.6 Å². The zero-order chi connectivity index (χ0) is 10.6. The fourth-order valence-corrected chi connectivity index (χ4v) is 1.48. The van der Waals surface area contributed by atoms with Crippen LogP contribution in [-0.2, 0) is 6.54 Å². The second-order valence-electron chi connectivity index (χ2n) is 3.67. The molecule has 1 aromatic rings. The van der Waals surface area contributed by atoms with Crippen LogP contribution in [0.2, 0.25) is 0 Å². The SMILES string of the molecule is Cc1cc(C)c(CNCNN)cc1C. The van der Waals surface area contributed by atoms with E-state index in [1.807, 2.05) is 0 Å². The maximum Gasteiger partial charge on any atom is 0.0590 e. The minimum Gasteiger partial charge on any atom is -0.299 e. The summed E-state index contributed by atoms with van der Waals surface area (Å²) in [7, 11) is 0. The molecule has 78 valence electrons. The molecule has 0 fully saturated rings. The van der Waals surface area contributed by atoms with Crippen molar-refractivity contribution in [2.24, 2.45) is 5.84 Å². The first-order chi connectivity index (χ1) is 6.65. The van der Waals surface area contributed by atoms with Gasteiger partial charge in [-0.25, -0.2) is 5.43 Å². The summed E-state index contributed by atoms with van der Waals surface area (Å²) in [5.74, 6) is 5.17. The second kappa shape index (κ2) is 5.10. The van der Waals surface area contributed by atoms with E-state index in [1.165, 1.54) is 22.3 Å². The standard InChI is InChI=1S/C11H19N3/c1-8-4-10(3)11(5-9(8)2)6-13-7-14-12/h4-5,13-14H,6-7,12H2,1-3H3. The van der Waals surface area contributed by atoms with E-state index in [0.717, 1.165) is 6.54 Å². The maximum absolute atomic E-state index is 5.17. The molecule has 0 atom stereocenters. The number of benzene rings is 1. The van der Waals surface area contributed by atoms with Crippen LogP contribution in [0.5, 0.6) is 0 Å². The molecule has 0 amide bonds.